The van der Waals surface area contributed by atoms with Crippen LogP contribution >= 0.6 is 0 Å². The number of hydrogen-bond acceptors (Lipinski definition) is 0. The van der Waals surface area contributed by atoms with Crippen molar-refractivity contribution < 1.29 is 8.78 Å². The summed E-state index contributed by atoms with van der Waals surface area (Å²) in [7, 11) is 0. The molecule has 0 radical (unpaired) electrons. The second-order valence-electron chi connectivity index (χ2n) is 19.0. The van der Waals surface area contributed by atoms with Crippen molar-refractivity contribution in [3.63, 3.8) is 0 Å². The highest BCUT2D eigenvalue weighted by atomic mass is 19.3. The predicted molar refractivity (Wildman–Crippen MR) is 161 cm³/mol. The van der Waals surface area contributed by atoms with Crippen LogP contribution in [0.2, 0.25) is 0 Å². The molecule has 0 N–H and O–H groups in total. The van der Waals surface area contributed by atoms with E-state index in [1.165, 1.54) is 44.9 Å². The first-order valence-corrected chi connectivity index (χ1v) is 15.6. The smallest absolute Gasteiger partial charge is 0.207 e. The molecule has 0 amide bonds. The Balaban J connectivity index is 0.000000248. The van der Waals surface area contributed by atoms with Crippen LogP contribution in [0.15, 0.2) is 0 Å². The van der Waals surface area contributed by atoms with Crippen molar-refractivity contribution in [2.24, 2.45) is 56.7 Å². The summed E-state index contributed by atoms with van der Waals surface area (Å²) >= 11 is 0. The number of rotatable bonds is 4. The predicted octanol–water partition coefficient (Wildman–Crippen LogP) is 12.5. The van der Waals surface area contributed by atoms with Gasteiger partial charge in [-0.15, -0.1) is 0 Å². The topological polar surface area (TPSA) is 0 Å². The Hall–Kier alpha value is -0.140. The Bertz CT molecular complexity index is 636. The number of alkyl halides is 2. The van der Waals surface area contributed by atoms with Crippen molar-refractivity contribution in [1.29, 1.82) is 0 Å². The van der Waals surface area contributed by atoms with Crippen LogP contribution in [0.25, 0.3) is 0 Å². The first-order valence-electron chi connectivity index (χ1n) is 15.6. The molecule has 4 fully saturated rings. The van der Waals surface area contributed by atoms with Crippen molar-refractivity contribution in [3.8, 4) is 0 Å². The van der Waals surface area contributed by atoms with Gasteiger partial charge in [0.15, 0.2) is 0 Å². The van der Waals surface area contributed by atoms with E-state index in [2.05, 4.69) is 83.1 Å². The molecule has 4 atom stereocenters. The van der Waals surface area contributed by atoms with Crippen LogP contribution in [0.3, 0.4) is 0 Å². The van der Waals surface area contributed by atoms with E-state index in [1.807, 2.05) is 20.8 Å². The van der Waals surface area contributed by atoms with E-state index >= 15 is 0 Å². The molecule has 0 bridgehead atoms. The van der Waals surface area contributed by atoms with Gasteiger partial charge < -0.3 is 0 Å². The van der Waals surface area contributed by atoms with Gasteiger partial charge in [0.2, 0.25) is 0 Å². The molecule has 0 aromatic heterocycles. The SMILES string of the molecule is CC(C)(C)CC1CC1.CC(C)(C)CC1CC1(C)C.CC(C)(C)CC1CC1(F)F.CC1CC1CC(C)(C)C. The molecule has 0 aromatic carbocycles. The molecular weight excluding hydrogens is 458 g/mol. The largest absolute Gasteiger partial charge is 0.251 e. The molecule has 0 aromatic rings. The maximum absolute atomic E-state index is 12.3. The molecule has 4 aliphatic rings. The van der Waals surface area contributed by atoms with Crippen LogP contribution in [0.1, 0.15) is 162 Å². The lowest BCUT2D eigenvalue weighted by Gasteiger charge is -2.18. The average Bonchev–Trinajstić information content (AvgIpc) is 3.50. The fourth-order valence-corrected chi connectivity index (χ4v) is 5.55. The quantitative estimate of drug-likeness (QED) is 0.341. The minimum atomic E-state index is -2.33. The van der Waals surface area contributed by atoms with Gasteiger partial charge in [0.1, 0.15) is 0 Å². The zero-order chi connectivity index (χ0) is 29.3. The first-order chi connectivity index (χ1) is 16.2. The van der Waals surface area contributed by atoms with Gasteiger partial charge in [-0.3, -0.25) is 0 Å². The zero-order valence-corrected chi connectivity index (χ0v) is 28.0. The standard InChI is InChI=1S/C10H20.C9H18.C8H14F2.C8H16/c1-9(2,3)6-8-7-10(8,4)5;1-7-5-8(7)6-9(2,3)4;1-7(2,3)4-6-5-8(6,9)10;1-8(2,3)6-7-4-5-7/h8H,6-7H2,1-5H3;7-8H,5-6H2,1-4H3;6H,4-5H2,1-3H3;7H,4-6H2,1-3H3. The third kappa shape index (κ3) is 18.7. The minimum absolute atomic E-state index is 0.0601. The molecule has 4 unspecified atom stereocenters. The molecule has 37 heavy (non-hydrogen) atoms. The van der Waals surface area contributed by atoms with E-state index in [0.29, 0.717) is 28.1 Å². The van der Waals surface area contributed by atoms with Gasteiger partial charge >= 0.3 is 0 Å². The Morgan fingerprint density at radius 2 is 0.919 bits per heavy atom. The van der Waals surface area contributed by atoms with E-state index in [-0.39, 0.29) is 17.8 Å². The van der Waals surface area contributed by atoms with E-state index < -0.39 is 5.92 Å². The summed E-state index contributed by atoms with van der Waals surface area (Å²) in [5.74, 6) is 1.54. The van der Waals surface area contributed by atoms with Gasteiger partial charge in [0.05, 0.1) is 0 Å². The Morgan fingerprint density at radius 1 is 0.595 bits per heavy atom. The zero-order valence-electron chi connectivity index (χ0n) is 28.0. The summed E-state index contributed by atoms with van der Waals surface area (Å²) in [6.45, 7) is 34.1. The lowest BCUT2D eigenvalue weighted by Crippen LogP contribution is -2.08. The van der Waals surface area contributed by atoms with Gasteiger partial charge in [-0.1, -0.05) is 117 Å². The van der Waals surface area contributed by atoms with Crippen LogP contribution in [-0.2, 0) is 0 Å². The van der Waals surface area contributed by atoms with E-state index in [9.17, 15) is 8.78 Å². The molecule has 0 spiro atoms. The second-order valence-corrected chi connectivity index (χ2v) is 19.0. The fraction of sp³-hybridized carbons (Fsp3) is 1.00. The molecule has 4 saturated carbocycles. The van der Waals surface area contributed by atoms with Gasteiger partial charge in [-0.05, 0) is 89.3 Å². The summed E-state index contributed by atoms with van der Waals surface area (Å²) in [5, 5.41) is 0. The van der Waals surface area contributed by atoms with E-state index in [1.54, 1.807) is 0 Å². The molecule has 2 heteroatoms. The first kappa shape index (κ1) is 34.9. The molecular formula is C35H68F2. The van der Waals surface area contributed by atoms with Gasteiger partial charge in [0.25, 0.3) is 5.92 Å². The minimum Gasteiger partial charge on any atom is -0.207 e. The Morgan fingerprint density at radius 3 is 1.03 bits per heavy atom. The molecule has 222 valence electrons. The maximum Gasteiger partial charge on any atom is 0.251 e. The molecule has 0 aliphatic heterocycles. The lowest BCUT2D eigenvalue weighted by molar-refractivity contribution is 0.0884. The number of hydrogen-bond donors (Lipinski definition) is 0. The average molecular weight is 527 g/mol. The maximum atomic E-state index is 12.3. The summed E-state index contributed by atoms with van der Waals surface area (Å²) in [4.78, 5) is 0. The van der Waals surface area contributed by atoms with E-state index in [0.717, 1.165) is 23.7 Å². The molecule has 4 rings (SSSR count). The Kier molecular flexibility index (Phi) is 11.5. The van der Waals surface area contributed by atoms with Crippen LogP contribution in [0, 0.1) is 56.7 Å². The molecule has 4 aliphatic carbocycles. The van der Waals surface area contributed by atoms with Crippen LogP contribution < -0.4 is 0 Å². The third-order valence-corrected chi connectivity index (χ3v) is 8.14. The van der Waals surface area contributed by atoms with E-state index in [4.69, 9.17) is 0 Å². The highest BCUT2D eigenvalue weighted by molar-refractivity contribution is 4.97. The summed E-state index contributed by atoms with van der Waals surface area (Å²) in [5.41, 5.74) is 2.42. The monoisotopic (exact) mass is 527 g/mol. The number of halogens is 2. The molecule has 0 heterocycles. The van der Waals surface area contributed by atoms with Crippen molar-refractivity contribution in [2.75, 3.05) is 0 Å². The highest BCUT2D eigenvalue weighted by Crippen LogP contribution is 2.56. The van der Waals surface area contributed by atoms with Crippen molar-refractivity contribution in [3.05, 3.63) is 0 Å². The van der Waals surface area contributed by atoms with Crippen molar-refractivity contribution in [2.45, 2.75) is 168 Å². The molecule has 0 saturated heterocycles. The normalized spacial score (nSPS) is 29.4. The summed E-state index contributed by atoms with van der Waals surface area (Å²) in [6.07, 6.45) is 11.0. The summed E-state index contributed by atoms with van der Waals surface area (Å²) < 4.78 is 24.7. The van der Waals surface area contributed by atoms with Crippen LogP contribution in [0.4, 0.5) is 8.78 Å². The van der Waals surface area contributed by atoms with Crippen LogP contribution in [0.5, 0.6) is 0 Å². The third-order valence-electron chi connectivity index (χ3n) is 8.14. The Labute approximate surface area is 232 Å². The van der Waals surface area contributed by atoms with Gasteiger partial charge in [-0.2, -0.15) is 0 Å². The highest BCUT2D eigenvalue weighted by Gasteiger charge is 2.57. The van der Waals surface area contributed by atoms with Crippen molar-refractivity contribution >= 4 is 0 Å². The lowest BCUT2D eigenvalue weighted by atomic mass is 9.87. The van der Waals surface area contributed by atoms with Gasteiger partial charge in [-0.25, -0.2) is 8.78 Å². The fourth-order valence-electron chi connectivity index (χ4n) is 5.55. The van der Waals surface area contributed by atoms with Gasteiger partial charge in [0, 0.05) is 12.3 Å². The summed E-state index contributed by atoms with van der Waals surface area (Å²) in [6, 6.07) is 0. The second kappa shape index (κ2) is 12.2. The molecule has 0 nitrogen and oxygen atoms in total. The van der Waals surface area contributed by atoms with Crippen molar-refractivity contribution in [1.82, 2.24) is 0 Å². The van der Waals surface area contributed by atoms with Crippen LogP contribution in [-0.4, -0.2) is 5.92 Å².